The molecule has 3 fully saturated rings. The van der Waals surface area contributed by atoms with Crippen molar-refractivity contribution < 1.29 is 14.4 Å². The van der Waals surface area contributed by atoms with Crippen molar-refractivity contribution in [3.05, 3.63) is 64.7 Å². The zero-order chi connectivity index (χ0) is 20.6. The molecule has 1 spiro atoms. The summed E-state index contributed by atoms with van der Waals surface area (Å²) in [6.45, 7) is 0.925. The summed E-state index contributed by atoms with van der Waals surface area (Å²) in [7, 11) is 0. The minimum Gasteiger partial charge on any atom is -0.324 e. The van der Waals surface area contributed by atoms with Crippen LogP contribution in [0.25, 0.3) is 0 Å². The Kier molecular flexibility index (Phi) is 3.71. The molecule has 3 saturated heterocycles. The largest absolute Gasteiger partial charge is 0.324 e. The van der Waals surface area contributed by atoms with Crippen molar-refractivity contribution in [3.8, 4) is 0 Å². The molecule has 30 heavy (non-hydrogen) atoms. The lowest BCUT2D eigenvalue weighted by Crippen LogP contribution is -2.54. The van der Waals surface area contributed by atoms with Crippen LogP contribution in [-0.2, 0) is 26.5 Å². The van der Waals surface area contributed by atoms with Crippen LogP contribution in [0.3, 0.4) is 0 Å². The van der Waals surface area contributed by atoms with Gasteiger partial charge in [-0.2, -0.15) is 0 Å². The molecule has 4 heterocycles. The fraction of sp³-hybridized carbons (Fsp3) is 0.348. The number of fused-ring (bicyclic) bond motifs is 7. The summed E-state index contributed by atoms with van der Waals surface area (Å²) in [6, 6.07) is 14.7. The van der Waals surface area contributed by atoms with Crippen LogP contribution in [0.2, 0.25) is 5.02 Å². The van der Waals surface area contributed by atoms with E-state index >= 15 is 0 Å². The van der Waals surface area contributed by atoms with Crippen molar-refractivity contribution in [3.63, 3.8) is 0 Å². The molecule has 152 valence electrons. The van der Waals surface area contributed by atoms with Crippen LogP contribution in [0.1, 0.15) is 24.0 Å². The lowest BCUT2D eigenvalue weighted by Gasteiger charge is -2.36. The number of hydrogen-bond donors (Lipinski definition) is 1. The molecule has 2 aromatic carbocycles. The Morgan fingerprint density at radius 3 is 2.67 bits per heavy atom. The lowest BCUT2D eigenvalue weighted by molar-refractivity contribution is -0.146. The number of anilines is 1. The number of likely N-dealkylation sites (tertiary alicyclic amines) is 1. The summed E-state index contributed by atoms with van der Waals surface area (Å²) in [4.78, 5) is 44.1. The Hall–Kier alpha value is -2.70. The van der Waals surface area contributed by atoms with Crippen LogP contribution >= 0.6 is 11.6 Å². The molecule has 0 bridgehead atoms. The molecule has 6 nitrogen and oxygen atoms in total. The van der Waals surface area contributed by atoms with Crippen molar-refractivity contribution in [2.45, 2.75) is 31.0 Å². The maximum atomic E-state index is 13.7. The molecule has 4 atom stereocenters. The number of amides is 3. The zero-order valence-corrected chi connectivity index (χ0v) is 16.9. The zero-order valence-electron chi connectivity index (χ0n) is 16.2. The summed E-state index contributed by atoms with van der Waals surface area (Å²) in [5.41, 5.74) is 1.14. The van der Waals surface area contributed by atoms with E-state index in [4.69, 9.17) is 11.6 Å². The Balaban J connectivity index is 1.50. The van der Waals surface area contributed by atoms with Gasteiger partial charge in [0, 0.05) is 22.3 Å². The number of nitrogens with one attached hydrogen (secondary N) is 1. The predicted octanol–water partition coefficient (Wildman–Crippen LogP) is 2.77. The van der Waals surface area contributed by atoms with Gasteiger partial charge in [0.2, 0.25) is 17.7 Å². The quantitative estimate of drug-likeness (QED) is 0.757. The van der Waals surface area contributed by atoms with E-state index in [1.807, 2.05) is 30.3 Å². The minimum absolute atomic E-state index is 0.108. The topological polar surface area (TPSA) is 69.7 Å². The highest BCUT2D eigenvalue weighted by molar-refractivity contribution is 6.31. The number of halogens is 1. The van der Waals surface area contributed by atoms with Crippen molar-refractivity contribution in [1.29, 1.82) is 0 Å². The Labute approximate surface area is 178 Å². The highest BCUT2D eigenvalue weighted by Gasteiger charge is 2.74. The van der Waals surface area contributed by atoms with E-state index in [0.717, 1.165) is 24.0 Å². The van der Waals surface area contributed by atoms with Gasteiger partial charge < -0.3 is 5.32 Å². The van der Waals surface area contributed by atoms with Gasteiger partial charge in [-0.05, 0) is 43.1 Å². The molecule has 1 N–H and O–H groups in total. The van der Waals surface area contributed by atoms with Gasteiger partial charge in [-0.1, -0.05) is 41.9 Å². The number of hydrogen-bond acceptors (Lipinski definition) is 4. The maximum absolute atomic E-state index is 13.7. The van der Waals surface area contributed by atoms with Gasteiger partial charge in [0.25, 0.3) is 0 Å². The standard InChI is InChI=1S/C23H20ClN3O3/c24-14-8-9-16-15(11-14)23(22(30)25-16)19-18(17-7-4-10-27(17)23)20(28)26(21(19)29)12-13-5-2-1-3-6-13/h1-3,5-6,8-9,11,17-19H,4,7,10,12H2,(H,25,30)/t17-,18+,19-,23+/m0/s1. The van der Waals surface area contributed by atoms with E-state index < -0.39 is 17.4 Å². The third kappa shape index (κ3) is 2.10. The van der Waals surface area contributed by atoms with E-state index in [-0.39, 0.29) is 30.3 Å². The number of imide groups is 1. The average Bonchev–Trinajstić information content (AvgIpc) is 3.44. The highest BCUT2D eigenvalue weighted by atomic mass is 35.5. The number of nitrogens with zero attached hydrogens (tertiary/aromatic N) is 2. The van der Waals surface area contributed by atoms with Gasteiger partial charge in [0.05, 0.1) is 18.4 Å². The van der Waals surface area contributed by atoms with E-state index in [9.17, 15) is 14.4 Å². The molecule has 2 aromatic rings. The van der Waals surface area contributed by atoms with E-state index in [1.165, 1.54) is 4.90 Å². The first kappa shape index (κ1) is 18.1. The summed E-state index contributed by atoms with van der Waals surface area (Å²) in [5.74, 6) is -1.86. The third-order valence-corrected chi connectivity index (χ3v) is 7.46. The Morgan fingerprint density at radius 2 is 1.87 bits per heavy atom. The van der Waals surface area contributed by atoms with Crippen molar-refractivity contribution in [1.82, 2.24) is 9.80 Å². The number of carbonyl (C=O) groups is 3. The van der Waals surface area contributed by atoms with Crippen molar-refractivity contribution in [2.75, 3.05) is 11.9 Å². The normalized spacial score (nSPS) is 32.0. The molecule has 4 aliphatic heterocycles. The molecular formula is C23H20ClN3O3. The highest BCUT2D eigenvalue weighted by Crippen LogP contribution is 2.60. The van der Waals surface area contributed by atoms with Gasteiger partial charge in [-0.25, -0.2) is 0 Å². The first-order valence-corrected chi connectivity index (χ1v) is 10.7. The summed E-state index contributed by atoms with van der Waals surface area (Å²) in [5, 5.41) is 3.48. The summed E-state index contributed by atoms with van der Waals surface area (Å²) < 4.78 is 0. The van der Waals surface area contributed by atoms with Crippen LogP contribution in [0, 0.1) is 11.8 Å². The maximum Gasteiger partial charge on any atom is 0.250 e. The predicted molar refractivity (Wildman–Crippen MR) is 110 cm³/mol. The number of benzene rings is 2. The smallest absolute Gasteiger partial charge is 0.250 e. The number of rotatable bonds is 2. The second-order valence-corrected chi connectivity index (χ2v) is 9.00. The van der Waals surface area contributed by atoms with Gasteiger partial charge in [-0.3, -0.25) is 24.2 Å². The molecule has 6 rings (SSSR count). The Morgan fingerprint density at radius 1 is 1.07 bits per heavy atom. The van der Waals surface area contributed by atoms with Gasteiger partial charge in [0.15, 0.2) is 0 Å². The molecule has 0 aromatic heterocycles. The monoisotopic (exact) mass is 421 g/mol. The molecule has 0 radical (unpaired) electrons. The van der Waals surface area contributed by atoms with Crippen LogP contribution in [0.5, 0.6) is 0 Å². The van der Waals surface area contributed by atoms with E-state index in [1.54, 1.807) is 18.2 Å². The molecule has 3 amide bonds. The van der Waals surface area contributed by atoms with Crippen LogP contribution in [0.4, 0.5) is 5.69 Å². The van der Waals surface area contributed by atoms with Crippen LogP contribution in [0.15, 0.2) is 48.5 Å². The average molecular weight is 422 g/mol. The van der Waals surface area contributed by atoms with Gasteiger partial charge in [0.1, 0.15) is 5.54 Å². The molecule has 4 aliphatic rings. The minimum atomic E-state index is -1.16. The molecular weight excluding hydrogens is 402 g/mol. The molecule has 0 aliphatic carbocycles. The van der Waals surface area contributed by atoms with Crippen LogP contribution < -0.4 is 5.32 Å². The summed E-state index contributed by atoms with van der Waals surface area (Å²) >= 11 is 6.30. The van der Waals surface area contributed by atoms with Crippen LogP contribution in [-0.4, -0.2) is 40.1 Å². The van der Waals surface area contributed by atoms with Crippen molar-refractivity contribution in [2.24, 2.45) is 11.8 Å². The van der Waals surface area contributed by atoms with Gasteiger partial charge in [-0.15, -0.1) is 0 Å². The van der Waals surface area contributed by atoms with Gasteiger partial charge >= 0.3 is 0 Å². The SMILES string of the molecule is O=C1[C@H]2[C@@H](C(=O)N1Cc1ccccc1)[C@]1(C(=O)Nc3ccc(Cl)cc31)N1CCC[C@@H]21. The Bertz CT molecular complexity index is 1100. The lowest BCUT2D eigenvalue weighted by atomic mass is 9.75. The summed E-state index contributed by atoms with van der Waals surface area (Å²) in [6.07, 6.45) is 1.71. The van der Waals surface area contributed by atoms with E-state index in [2.05, 4.69) is 10.2 Å². The molecule has 0 saturated carbocycles. The first-order valence-electron chi connectivity index (χ1n) is 10.3. The fourth-order valence-corrected chi connectivity index (χ4v) is 6.33. The molecule has 0 unspecified atom stereocenters. The first-order chi connectivity index (χ1) is 14.5. The third-order valence-electron chi connectivity index (χ3n) is 7.23. The second kappa shape index (κ2) is 6.15. The fourth-order valence-electron chi connectivity index (χ4n) is 6.16. The van der Waals surface area contributed by atoms with Crippen molar-refractivity contribution >= 4 is 35.0 Å². The second-order valence-electron chi connectivity index (χ2n) is 8.57. The molecule has 7 heteroatoms. The van der Waals surface area contributed by atoms with E-state index in [0.29, 0.717) is 17.3 Å². The number of carbonyl (C=O) groups excluding carboxylic acids is 3.